The Bertz CT molecular complexity index is 561. The van der Waals surface area contributed by atoms with Gasteiger partial charge < -0.3 is 15.8 Å². The first-order valence-electron chi connectivity index (χ1n) is 6.60. The van der Waals surface area contributed by atoms with Crippen molar-refractivity contribution in [3.63, 3.8) is 0 Å². The Morgan fingerprint density at radius 1 is 1.30 bits per heavy atom. The van der Waals surface area contributed by atoms with Crippen LogP contribution in [0.15, 0.2) is 29.6 Å². The van der Waals surface area contributed by atoms with Crippen LogP contribution in [0.25, 0.3) is 0 Å². The number of nitrogens with two attached hydrogens (primary N) is 1. The Morgan fingerprint density at radius 2 is 2.05 bits per heavy atom. The third-order valence-electron chi connectivity index (χ3n) is 2.63. The quantitative estimate of drug-likeness (QED) is 0.891. The zero-order valence-corrected chi connectivity index (χ0v) is 13.1. The fourth-order valence-electron chi connectivity index (χ4n) is 1.73. The van der Waals surface area contributed by atoms with Gasteiger partial charge in [0, 0.05) is 4.88 Å². The maximum atomic E-state index is 5.91. The van der Waals surface area contributed by atoms with E-state index in [9.17, 15) is 0 Å². The van der Waals surface area contributed by atoms with E-state index in [1.54, 1.807) is 11.3 Å². The summed E-state index contributed by atoms with van der Waals surface area (Å²) in [6.07, 6.45) is 0. The molecule has 0 aromatic carbocycles. The second-order valence-corrected chi connectivity index (χ2v) is 6.67. The molecule has 2 rings (SSSR count). The molecule has 0 radical (unpaired) electrons. The standard InChI is InChI=1S/C15H21N3OS/c1-10(12-6-5-9-20-12)17-13-8-7-11(16)14(18-13)19-15(2,3)4/h5-10H,16H2,1-4H3,(H,17,18). The number of nitrogens with zero attached hydrogens (tertiary/aromatic N) is 1. The molecule has 1 unspecified atom stereocenters. The number of nitrogen functional groups attached to an aromatic ring is 1. The maximum absolute atomic E-state index is 5.91. The van der Waals surface area contributed by atoms with Crippen molar-refractivity contribution in [1.82, 2.24) is 4.98 Å². The number of nitrogens with one attached hydrogen (secondary N) is 1. The van der Waals surface area contributed by atoms with Crippen molar-refractivity contribution in [2.75, 3.05) is 11.1 Å². The zero-order chi connectivity index (χ0) is 14.8. The third kappa shape index (κ3) is 3.87. The minimum absolute atomic E-state index is 0.202. The van der Waals surface area contributed by atoms with Gasteiger partial charge >= 0.3 is 0 Å². The molecule has 0 saturated carbocycles. The van der Waals surface area contributed by atoms with Crippen LogP contribution in [0, 0.1) is 0 Å². The van der Waals surface area contributed by atoms with Gasteiger partial charge in [0.05, 0.1) is 11.7 Å². The fourth-order valence-corrected chi connectivity index (χ4v) is 2.47. The van der Waals surface area contributed by atoms with Gasteiger partial charge in [-0.3, -0.25) is 0 Å². The molecule has 0 aliphatic carbocycles. The van der Waals surface area contributed by atoms with Crippen molar-refractivity contribution in [3.8, 4) is 5.88 Å². The van der Waals surface area contributed by atoms with Crippen LogP contribution in [-0.4, -0.2) is 10.6 Å². The van der Waals surface area contributed by atoms with Crippen LogP contribution >= 0.6 is 11.3 Å². The van der Waals surface area contributed by atoms with E-state index in [2.05, 4.69) is 28.7 Å². The average molecular weight is 291 g/mol. The van der Waals surface area contributed by atoms with Gasteiger partial charge in [-0.25, -0.2) is 0 Å². The topological polar surface area (TPSA) is 60.2 Å². The van der Waals surface area contributed by atoms with E-state index < -0.39 is 0 Å². The minimum Gasteiger partial charge on any atom is -0.470 e. The van der Waals surface area contributed by atoms with E-state index in [0.717, 1.165) is 5.82 Å². The van der Waals surface area contributed by atoms with Gasteiger partial charge in [-0.05, 0) is 51.3 Å². The van der Waals surface area contributed by atoms with Crippen molar-refractivity contribution in [2.45, 2.75) is 39.3 Å². The first kappa shape index (κ1) is 14.7. The molecule has 1 atom stereocenters. The molecule has 0 bridgehead atoms. The van der Waals surface area contributed by atoms with Gasteiger partial charge in [-0.1, -0.05) is 6.07 Å². The van der Waals surface area contributed by atoms with E-state index in [0.29, 0.717) is 11.6 Å². The Labute approximate surface area is 124 Å². The highest BCUT2D eigenvalue weighted by molar-refractivity contribution is 7.10. The van der Waals surface area contributed by atoms with Gasteiger partial charge in [0.25, 0.3) is 0 Å². The smallest absolute Gasteiger partial charge is 0.239 e. The zero-order valence-electron chi connectivity index (χ0n) is 12.3. The Hall–Kier alpha value is -1.75. The molecule has 20 heavy (non-hydrogen) atoms. The molecule has 0 amide bonds. The van der Waals surface area contributed by atoms with E-state index in [4.69, 9.17) is 10.5 Å². The lowest BCUT2D eigenvalue weighted by Crippen LogP contribution is -2.24. The average Bonchev–Trinajstić information content (AvgIpc) is 2.85. The van der Waals surface area contributed by atoms with Crippen LogP contribution < -0.4 is 15.8 Å². The summed E-state index contributed by atoms with van der Waals surface area (Å²) >= 11 is 1.72. The first-order chi connectivity index (χ1) is 9.35. The van der Waals surface area contributed by atoms with Crippen LogP contribution in [-0.2, 0) is 0 Å². The van der Waals surface area contributed by atoms with Gasteiger partial charge in [0.15, 0.2) is 0 Å². The predicted molar refractivity (Wildman–Crippen MR) is 85.4 cm³/mol. The second-order valence-electron chi connectivity index (χ2n) is 5.69. The summed E-state index contributed by atoms with van der Waals surface area (Å²) in [6.45, 7) is 8.03. The van der Waals surface area contributed by atoms with Crippen LogP contribution in [0.2, 0.25) is 0 Å². The second kappa shape index (κ2) is 5.71. The summed E-state index contributed by atoms with van der Waals surface area (Å²) in [5.74, 6) is 1.24. The molecule has 0 aliphatic heterocycles. The van der Waals surface area contributed by atoms with Gasteiger partial charge in [0.1, 0.15) is 11.4 Å². The number of hydrogen-bond donors (Lipinski definition) is 2. The molecule has 3 N–H and O–H groups in total. The highest BCUT2D eigenvalue weighted by Gasteiger charge is 2.16. The maximum Gasteiger partial charge on any atom is 0.239 e. The van der Waals surface area contributed by atoms with Crippen molar-refractivity contribution >= 4 is 22.8 Å². The summed E-state index contributed by atoms with van der Waals surface area (Å²) in [5.41, 5.74) is 6.14. The number of hydrogen-bond acceptors (Lipinski definition) is 5. The summed E-state index contributed by atoms with van der Waals surface area (Å²) in [6, 6.07) is 8.04. The molecule has 4 nitrogen and oxygen atoms in total. The molecule has 2 aromatic heterocycles. The van der Waals surface area contributed by atoms with Crippen molar-refractivity contribution < 1.29 is 4.74 Å². The van der Waals surface area contributed by atoms with E-state index >= 15 is 0 Å². The highest BCUT2D eigenvalue weighted by atomic mass is 32.1. The Morgan fingerprint density at radius 3 is 2.65 bits per heavy atom. The van der Waals surface area contributed by atoms with Crippen LogP contribution in [0.5, 0.6) is 5.88 Å². The number of pyridine rings is 1. The first-order valence-corrected chi connectivity index (χ1v) is 7.48. The number of thiophene rings is 1. The SMILES string of the molecule is CC(Nc1ccc(N)c(OC(C)(C)C)n1)c1cccs1. The summed E-state index contributed by atoms with van der Waals surface area (Å²) in [7, 11) is 0. The lowest BCUT2D eigenvalue weighted by atomic mass is 10.2. The largest absolute Gasteiger partial charge is 0.470 e. The minimum atomic E-state index is -0.320. The summed E-state index contributed by atoms with van der Waals surface area (Å²) in [5, 5.41) is 5.43. The Kier molecular flexibility index (Phi) is 4.18. The van der Waals surface area contributed by atoms with Crippen molar-refractivity contribution in [1.29, 1.82) is 0 Å². The molecule has 2 heterocycles. The predicted octanol–water partition coefficient (Wildman–Crippen LogP) is 4.08. The molecule has 0 fully saturated rings. The molecule has 2 aromatic rings. The van der Waals surface area contributed by atoms with Crippen LogP contribution in [0.3, 0.4) is 0 Å². The summed E-state index contributed by atoms with van der Waals surface area (Å²) < 4.78 is 5.77. The number of anilines is 2. The molecular formula is C15H21N3OS. The molecular weight excluding hydrogens is 270 g/mol. The normalized spacial score (nSPS) is 13.0. The number of ether oxygens (including phenoxy) is 1. The van der Waals surface area contributed by atoms with E-state index in [1.807, 2.05) is 39.0 Å². The van der Waals surface area contributed by atoms with Gasteiger partial charge in [-0.2, -0.15) is 4.98 Å². The van der Waals surface area contributed by atoms with Crippen molar-refractivity contribution in [2.24, 2.45) is 0 Å². The molecule has 108 valence electrons. The molecule has 0 spiro atoms. The number of rotatable bonds is 4. The van der Waals surface area contributed by atoms with Crippen LogP contribution in [0.1, 0.15) is 38.6 Å². The van der Waals surface area contributed by atoms with E-state index in [-0.39, 0.29) is 11.6 Å². The lowest BCUT2D eigenvalue weighted by Gasteiger charge is -2.22. The van der Waals surface area contributed by atoms with Gasteiger partial charge in [-0.15, -0.1) is 11.3 Å². The van der Waals surface area contributed by atoms with Gasteiger partial charge in [0.2, 0.25) is 5.88 Å². The van der Waals surface area contributed by atoms with Crippen LogP contribution in [0.4, 0.5) is 11.5 Å². The van der Waals surface area contributed by atoms with E-state index in [1.165, 1.54) is 4.88 Å². The third-order valence-corrected chi connectivity index (χ3v) is 3.68. The fraction of sp³-hybridized carbons (Fsp3) is 0.400. The monoisotopic (exact) mass is 291 g/mol. The molecule has 0 saturated heterocycles. The highest BCUT2D eigenvalue weighted by Crippen LogP contribution is 2.27. The molecule has 0 aliphatic rings. The number of aromatic nitrogens is 1. The molecule has 5 heteroatoms. The lowest BCUT2D eigenvalue weighted by molar-refractivity contribution is 0.125. The Balaban J connectivity index is 2.15. The van der Waals surface area contributed by atoms with Crippen molar-refractivity contribution in [3.05, 3.63) is 34.5 Å². The summed E-state index contributed by atoms with van der Waals surface area (Å²) in [4.78, 5) is 5.72.